The van der Waals surface area contributed by atoms with Crippen molar-refractivity contribution in [2.75, 3.05) is 7.11 Å². The lowest BCUT2D eigenvalue weighted by atomic mass is 10.1. The summed E-state index contributed by atoms with van der Waals surface area (Å²) in [6.07, 6.45) is 0.667. The second-order valence-corrected chi connectivity index (χ2v) is 4.88. The molecule has 2 nitrogen and oxygen atoms in total. The van der Waals surface area contributed by atoms with E-state index in [0.717, 1.165) is 11.6 Å². The van der Waals surface area contributed by atoms with Crippen LogP contribution in [0.15, 0.2) is 22.7 Å². The molecule has 15 heavy (non-hydrogen) atoms. The van der Waals surface area contributed by atoms with Gasteiger partial charge in [-0.25, -0.2) is 4.39 Å². The smallest absolute Gasteiger partial charge is 0.127 e. The normalized spacial score (nSPS) is 11.6. The van der Waals surface area contributed by atoms with Gasteiger partial charge in [0.15, 0.2) is 0 Å². The van der Waals surface area contributed by atoms with Gasteiger partial charge in [0.25, 0.3) is 0 Å². The Labute approximate surface area is 102 Å². The van der Waals surface area contributed by atoms with Crippen molar-refractivity contribution < 1.29 is 9.50 Å². The summed E-state index contributed by atoms with van der Waals surface area (Å²) in [4.78, 5) is 0. The van der Waals surface area contributed by atoms with Gasteiger partial charge in [0, 0.05) is 16.8 Å². The van der Waals surface area contributed by atoms with Crippen LogP contribution in [0, 0.1) is 5.82 Å². The standard InChI is InChI=1S/C9H11BrFNS.CH4O/c1-6(13-12)4-7-2-3-8(10)5-9(7)11;1-2/h2-3,5-6H,4,12H2,1H3;2H,1H3. The molecule has 86 valence electrons. The molecular formula is C10H15BrFNOS. The largest absolute Gasteiger partial charge is 0.400 e. The van der Waals surface area contributed by atoms with E-state index in [1.807, 2.05) is 13.0 Å². The second kappa shape index (κ2) is 8.10. The monoisotopic (exact) mass is 295 g/mol. The SMILES string of the molecule is CC(Cc1ccc(Br)cc1F)SN.CO. The highest BCUT2D eigenvalue weighted by Crippen LogP contribution is 2.18. The Balaban J connectivity index is 0.000000921. The van der Waals surface area contributed by atoms with E-state index in [1.54, 1.807) is 6.07 Å². The van der Waals surface area contributed by atoms with Crippen molar-refractivity contribution in [3.8, 4) is 0 Å². The van der Waals surface area contributed by atoms with Crippen LogP contribution < -0.4 is 5.14 Å². The highest BCUT2D eigenvalue weighted by atomic mass is 79.9. The molecule has 0 heterocycles. The fourth-order valence-electron chi connectivity index (χ4n) is 1.05. The molecule has 0 saturated carbocycles. The molecule has 0 aliphatic carbocycles. The fraction of sp³-hybridized carbons (Fsp3) is 0.400. The Morgan fingerprint density at radius 3 is 2.60 bits per heavy atom. The zero-order valence-electron chi connectivity index (χ0n) is 8.71. The van der Waals surface area contributed by atoms with E-state index < -0.39 is 0 Å². The molecule has 0 spiro atoms. The fourth-order valence-corrected chi connectivity index (χ4v) is 1.65. The molecule has 5 heteroatoms. The summed E-state index contributed by atoms with van der Waals surface area (Å²) in [6, 6.07) is 5.10. The quantitative estimate of drug-likeness (QED) is 0.843. The molecule has 0 saturated heterocycles. The van der Waals surface area contributed by atoms with Crippen LogP contribution in [0.3, 0.4) is 0 Å². The van der Waals surface area contributed by atoms with Gasteiger partial charge in [0.2, 0.25) is 0 Å². The van der Waals surface area contributed by atoms with E-state index >= 15 is 0 Å². The molecule has 1 rings (SSSR count). The van der Waals surface area contributed by atoms with E-state index in [-0.39, 0.29) is 11.1 Å². The molecule has 0 aliphatic heterocycles. The number of benzene rings is 1. The maximum absolute atomic E-state index is 13.3. The minimum absolute atomic E-state index is 0.171. The number of halogens is 2. The third-order valence-corrected chi connectivity index (χ3v) is 2.88. The van der Waals surface area contributed by atoms with Crippen LogP contribution in [0.4, 0.5) is 4.39 Å². The van der Waals surface area contributed by atoms with E-state index in [4.69, 9.17) is 10.2 Å². The second-order valence-electron chi connectivity index (χ2n) is 2.89. The molecule has 1 atom stereocenters. The number of rotatable bonds is 3. The minimum Gasteiger partial charge on any atom is -0.400 e. The van der Waals surface area contributed by atoms with Crippen LogP contribution in [0.25, 0.3) is 0 Å². The van der Waals surface area contributed by atoms with Crippen LogP contribution in [0.5, 0.6) is 0 Å². The summed E-state index contributed by atoms with van der Waals surface area (Å²) in [5, 5.41) is 12.6. The molecule has 0 radical (unpaired) electrons. The predicted molar refractivity (Wildman–Crippen MR) is 67.2 cm³/mol. The van der Waals surface area contributed by atoms with Crippen LogP contribution >= 0.6 is 27.9 Å². The van der Waals surface area contributed by atoms with Crippen molar-refractivity contribution in [2.45, 2.75) is 18.6 Å². The first-order valence-corrected chi connectivity index (χ1v) is 6.11. The van der Waals surface area contributed by atoms with Gasteiger partial charge in [-0.2, -0.15) is 0 Å². The summed E-state index contributed by atoms with van der Waals surface area (Å²) in [5.74, 6) is -0.171. The average molecular weight is 296 g/mol. The molecule has 1 unspecified atom stereocenters. The third kappa shape index (κ3) is 5.51. The topological polar surface area (TPSA) is 46.2 Å². The lowest BCUT2D eigenvalue weighted by Crippen LogP contribution is -2.06. The Morgan fingerprint density at radius 2 is 2.13 bits per heavy atom. The maximum atomic E-state index is 13.3. The summed E-state index contributed by atoms with van der Waals surface area (Å²) >= 11 is 4.46. The summed E-state index contributed by atoms with van der Waals surface area (Å²) in [7, 11) is 1.00. The molecule has 0 bridgehead atoms. The van der Waals surface area contributed by atoms with Gasteiger partial charge in [-0.15, -0.1) is 0 Å². The van der Waals surface area contributed by atoms with Crippen molar-refractivity contribution in [1.29, 1.82) is 0 Å². The zero-order valence-corrected chi connectivity index (χ0v) is 11.1. The number of nitrogens with two attached hydrogens (primary N) is 1. The van der Waals surface area contributed by atoms with Gasteiger partial charge < -0.3 is 5.11 Å². The predicted octanol–water partition coefficient (Wildman–Crippen LogP) is 2.73. The molecule has 1 aromatic rings. The highest BCUT2D eigenvalue weighted by Gasteiger charge is 2.07. The van der Waals surface area contributed by atoms with Crippen molar-refractivity contribution in [2.24, 2.45) is 5.14 Å². The van der Waals surface area contributed by atoms with E-state index in [9.17, 15) is 4.39 Å². The number of hydrogen-bond acceptors (Lipinski definition) is 3. The van der Waals surface area contributed by atoms with Crippen LogP contribution in [-0.4, -0.2) is 17.5 Å². The van der Waals surface area contributed by atoms with Crippen molar-refractivity contribution >= 4 is 27.9 Å². The molecule has 0 amide bonds. The van der Waals surface area contributed by atoms with Gasteiger partial charge in [-0.1, -0.05) is 40.9 Å². The lowest BCUT2D eigenvalue weighted by Gasteiger charge is -2.08. The molecule has 0 aliphatic rings. The summed E-state index contributed by atoms with van der Waals surface area (Å²) < 4.78 is 14.0. The Bertz CT molecular complexity index is 299. The highest BCUT2D eigenvalue weighted by molar-refractivity contribution is 9.10. The van der Waals surface area contributed by atoms with Crippen LogP contribution in [0.2, 0.25) is 0 Å². The molecule has 1 aromatic carbocycles. The van der Waals surface area contributed by atoms with Gasteiger partial charge in [0.1, 0.15) is 5.82 Å². The summed E-state index contributed by atoms with van der Waals surface area (Å²) in [5.41, 5.74) is 0.716. The Morgan fingerprint density at radius 1 is 1.53 bits per heavy atom. The molecular weight excluding hydrogens is 281 g/mol. The van der Waals surface area contributed by atoms with E-state index in [0.29, 0.717) is 12.0 Å². The summed E-state index contributed by atoms with van der Waals surface area (Å²) in [6.45, 7) is 1.98. The van der Waals surface area contributed by atoms with E-state index in [2.05, 4.69) is 15.9 Å². The van der Waals surface area contributed by atoms with Gasteiger partial charge >= 0.3 is 0 Å². The first-order valence-electron chi connectivity index (χ1n) is 4.37. The Kier molecular flexibility index (Phi) is 8.04. The number of hydrogen-bond donors (Lipinski definition) is 2. The van der Waals surface area contributed by atoms with Crippen LogP contribution in [0.1, 0.15) is 12.5 Å². The first kappa shape index (κ1) is 14.9. The number of aliphatic hydroxyl groups is 1. The van der Waals surface area contributed by atoms with Crippen molar-refractivity contribution in [3.05, 3.63) is 34.1 Å². The first-order chi connectivity index (χ1) is 7.13. The molecule has 3 N–H and O–H groups in total. The average Bonchev–Trinajstić information content (AvgIpc) is 2.25. The van der Waals surface area contributed by atoms with Gasteiger partial charge in [-0.05, 0) is 24.1 Å². The zero-order chi connectivity index (χ0) is 11.8. The van der Waals surface area contributed by atoms with E-state index in [1.165, 1.54) is 18.0 Å². The third-order valence-electron chi connectivity index (χ3n) is 1.75. The van der Waals surface area contributed by atoms with Gasteiger partial charge in [-0.3, -0.25) is 5.14 Å². The van der Waals surface area contributed by atoms with Crippen molar-refractivity contribution in [3.63, 3.8) is 0 Å². The minimum atomic E-state index is -0.171. The molecule has 0 aromatic heterocycles. The van der Waals surface area contributed by atoms with Gasteiger partial charge in [0.05, 0.1) is 0 Å². The van der Waals surface area contributed by atoms with Crippen molar-refractivity contribution in [1.82, 2.24) is 0 Å². The maximum Gasteiger partial charge on any atom is 0.127 e. The molecule has 0 fully saturated rings. The number of aliphatic hydroxyl groups excluding tert-OH is 1. The Hall–Kier alpha value is -0.100. The van der Waals surface area contributed by atoms with Crippen LogP contribution in [-0.2, 0) is 6.42 Å². The lowest BCUT2D eigenvalue weighted by molar-refractivity contribution is 0.399.